The summed E-state index contributed by atoms with van der Waals surface area (Å²) < 4.78 is 2.20. The first kappa shape index (κ1) is 22.3. The lowest BCUT2D eigenvalue weighted by Crippen LogP contribution is -2.36. The molecule has 31 heavy (non-hydrogen) atoms. The standard InChI is InChI=1S/C24H35N5OS/c30-23(25-21-13-7-2-1-3-8-14-21)19-31-24-27-26-22(18-28-15-9-10-16-28)29(24)17-20-11-5-4-6-12-20/h4-6,11-12,21H,1-3,7-10,13-19H2,(H,25,30). The number of aromatic nitrogens is 3. The Morgan fingerprint density at radius 1 is 0.935 bits per heavy atom. The fourth-order valence-corrected chi connectivity index (χ4v) is 5.38. The lowest BCUT2D eigenvalue weighted by atomic mass is 9.97. The van der Waals surface area contributed by atoms with Crippen molar-refractivity contribution in [3.63, 3.8) is 0 Å². The molecule has 1 aromatic heterocycles. The van der Waals surface area contributed by atoms with E-state index in [9.17, 15) is 4.79 Å². The number of benzene rings is 1. The Labute approximate surface area is 190 Å². The number of rotatable bonds is 8. The zero-order valence-corrected chi connectivity index (χ0v) is 19.3. The zero-order chi connectivity index (χ0) is 21.3. The number of nitrogens with one attached hydrogen (secondary N) is 1. The van der Waals surface area contributed by atoms with Gasteiger partial charge in [-0.3, -0.25) is 9.69 Å². The average molecular weight is 442 g/mol. The molecule has 1 saturated carbocycles. The van der Waals surface area contributed by atoms with E-state index >= 15 is 0 Å². The SMILES string of the molecule is O=C(CSc1nnc(CN2CCCC2)n1Cc1ccccc1)NC1CCCCCCC1. The van der Waals surface area contributed by atoms with E-state index in [0.29, 0.717) is 11.8 Å². The zero-order valence-electron chi connectivity index (χ0n) is 18.5. The molecule has 2 aromatic rings. The molecule has 4 rings (SSSR count). The number of thioether (sulfide) groups is 1. The van der Waals surface area contributed by atoms with E-state index < -0.39 is 0 Å². The van der Waals surface area contributed by atoms with Crippen LogP contribution in [0, 0.1) is 0 Å². The Balaban J connectivity index is 1.39. The summed E-state index contributed by atoms with van der Waals surface area (Å²) in [5.41, 5.74) is 1.23. The molecule has 168 valence electrons. The number of likely N-dealkylation sites (tertiary alicyclic amines) is 1. The molecule has 1 N–H and O–H groups in total. The summed E-state index contributed by atoms with van der Waals surface area (Å²) in [5.74, 6) is 1.51. The van der Waals surface area contributed by atoms with Crippen molar-refractivity contribution in [3.8, 4) is 0 Å². The largest absolute Gasteiger partial charge is 0.353 e. The van der Waals surface area contributed by atoms with Gasteiger partial charge in [-0.05, 0) is 44.3 Å². The highest BCUT2D eigenvalue weighted by Gasteiger charge is 2.20. The average Bonchev–Trinajstić information content (AvgIpc) is 3.40. The fourth-order valence-electron chi connectivity index (χ4n) is 4.61. The molecular weight excluding hydrogens is 406 g/mol. The van der Waals surface area contributed by atoms with Crippen molar-refractivity contribution in [1.29, 1.82) is 0 Å². The first-order valence-electron chi connectivity index (χ1n) is 11.9. The third-order valence-corrected chi connectivity index (χ3v) is 7.31. The minimum Gasteiger partial charge on any atom is -0.353 e. The van der Waals surface area contributed by atoms with Crippen molar-refractivity contribution in [1.82, 2.24) is 25.0 Å². The summed E-state index contributed by atoms with van der Waals surface area (Å²) in [6.07, 6.45) is 11.1. The van der Waals surface area contributed by atoms with Gasteiger partial charge in [-0.15, -0.1) is 10.2 Å². The molecule has 1 aromatic carbocycles. The monoisotopic (exact) mass is 441 g/mol. The molecule has 1 amide bonds. The molecule has 2 heterocycles. The Bertz CT molecular complexity index is 811. The van der Waals surface area contributed by atoms with E-state index in [0.717, 1.165) is 50.0 Å². The molecule has 2 aliphatic rings. The van der Waals surface area contributed by atoms with Gasteiger partial charge in [0.2, 0.25) is 5.91 Å². The maximum Gasteiger partial charge on any atom is 0.230 e. The quantitative estimate of drug-likeness (QED) is 0.621. The number of nitrogens with zero attached hydrogens (tertiary/aromatic N) is 4. The molecule has 2 fully saturated rings. The minimum absolute atomic E-state index is 0.117. The second-order valence-electron chi connectivity index (χ2n) is 8.85. The van der Waals surface area contributed by atoms with E-state index in [1.54, 1.807) is 0 Å². The fraction of sp³-hybridized carbons (Fsp3) is 0.625. The van der Waals surface area contributed by atoms with Crippen LogP contribution in [0.25, 0.3) is 0 Å². The molecule has 0 spiro atoms. The topological polar surface area (TPSA) is 63.1 Å². The van der Waals surface area contributed by atoms with Crippen LogP contribution >= 0.6 is 11.8 Å². The predicted molar refractivity (Wildman–Crippen MR) is 125 cm³/mol. The minimum atomic E-state index is 0.117. The van der Waals surface area contributed by atoms with Crippen LogP contribution in [-0.4, -0.2) is 50.5 Å². The molecular formula is C24H35N5OS. The van der Waals surface area contributed by atoms with Crippen molar-refractivity contribution in [2.45, 2.75) is 82.1 Å². The van der Waals surface area contributed by atoms with Crippen molar-refractivity contribution in [2.24, 2.45) is 0 Å². The van der Waals surface area contributed by atoms with Crippen LogP contribution in [0.5, 0.6) is 0 Å². The smallest absolute Gasteiger partial charge is 0.230 e. The van der Waals surface area contributed by atoms with Gasteiger partial charge in [0, 0.05) is 6.04 Å². The first-order chi connectivity index (χ1) is 15.3. The normalized spacial score (nSPS) is 18.6. The van der Waals surface area contributed by atoms with Crippen LogP contribution in [-0.2, 0) is 17.9 Å². The van der Waals surface area contributed by atoms with Gasteiger partial charge in [0.25, 0.3) is 0 Å². The van der Waals surface area contributed by atoms with Gasteiger partial charge in [0.1, 0.15) is 5.82 Å². The lowest BCUT2D eigenvalue weighted by Gasteiger charge is -2.21. The summed E-state index contributed by atoms with van der Waals surface area (Å²) in [6.45, 7) is 3.83. The molecule has 1 aliphatic carbocycles. The van der Waals surface area contributed by atoms with E-state index in [-0.39, 0.29) is 5.91 Å². The van der Waals surface area contributed by atoms with Gasteiger partial charge < -0.3 is 9.88 Å². The molecule has 0 bridgehead atoms. The molecule has 1 saturated heterocycles. The van der Waals surface area contributed by atoms with Crippen molar-refractivity contribution < 1.29 is 4.79 Å². The summed E-state index contributed by atoms with van der Waals surface area (Å²) in [4.78, 5) is 15.1. The van der Waals surface area contributed by atoms with Gasteiger partial charge in [-0.25, -0.2) is 0 Å². The third kappa shape index (κ3) is 6.81. The number of carbonyl (C=O) groups excluding carboxylic acids is 1. The van der Waals surface area contributed by atoms with Crippen LogP contribution in [0.4, 0.5) is 0 Å². The lowest BCUT2D eigenvalue weighted by molar-refractivity contribution is -0.119. The predicted octanol–water partition coefficient (Wildman–Crippen LogP) is 4.24. The number of amides is 1. The molecule has 6 nitrogen and oxygen atoms in total. The van der Waals surface area contributed by atoms with Gasteiger partial charge in [-0.2, -0.15) is 0 Å². The van der Waals surface area contributed by atoms with Gasteiger partial charge in [-0.1, -0.05) is 74.2 Å². The van der Waals surface area contributed by atoms with Crippen molar-refractivity contribution >= 4 is 17.7 Å². The molecule has 1 aliphatic heterocycles. The van der Waals surface area contributed by atoms with Crippen LogP contribution in [0.15, 0.2) is 35.5 Å². The van der Waals surface area contributed by atoms with Crippen LogP contribution in [0.2, 0.25) is 0 Å². The Kier molecular flexibility index (Phi) is 8.41. The Hall–Kier alpha value is -1.86. The van der Waals surface area contributed by atoms with Gasteiger partial charge in [0.15, 0.2) is 5.16 Å². The van der Waals surface area contributed by atoms with Crippen LogP contribution < -0.4 is 5.32 Å². The molecule has 0 atom stereocenters. The van der Waals surface area contributed by atoms with Gasteiger partial charge >= 0.3 is 0 Å². The van der Waals surface area contributed by atoms with Crippen molar-refractivity contribution in [2.75, 3.05) is 18.8 Å². The maximum absolute atomic E-state index is 12.6. The van der Waals surface area contributed by atoms with E-state index in [1.165, 1.54) is 62.3 Å². The van der Waals surface area contributed by atoms with Crippen molar-refractivity contribution in [3.05, 3.63) is 41.7 Å². The second-order valence-corrected chi connectivity index (χ2v) is 9.79. The first-order valence-corrected chi connectivity index (χ1v) is 12.9. The second kappa shape index (κ2) is 11.7. The summed E-state index contributed by atoms with van der Waals surface area (Å²) >= 11 is 1.51. The summed E-state index contributed by atoms with van der Waals surface area (Å²) in [6, 6.07) is 10.8. The van der Waals surface area contributed by atoms with E-state index in [1.807, 2.05) is 6.07 Å². The Morgan fingerprint density at radius 2 is 1.65 bits per heavy atom. The Morgan fingerprint density at radius 3 is 2.39 bits per heavy atom. The van der Waals surface area contributed by atoms with E-state index in [4.69, 9.17) is 0 Å². The number of hydrogen-bond acceptors (Lipinski definition) is 5. The highest BCUT2D eigenvalue weighted by molar-refractivity contribution is 7.99. The highest BCUT2D eigenvalue weighted by atomic mass is 32.2. The van der Waals surface area contributed by atoms with Crippen LogP contribution in [0.3, 0.4) is 0 Å². The summed E-state index contributed by atoms with van der Waals surface area (Å²) in [5, 5.41) is 13.1. The van der Waals surface area contributed by atoms with E-state index in [2.05, 4.69) is 49.2 Å². The maximum atomic E-state index is 12.6. The summed E-state index contributed by atoms with van der Waals surface area (Å²) in [7, 11) is 0. The van der Waals surface area contributed by atoms with Gasteiger partial charge in [0.05, 0.1) is 18.8 Å². The third-order valence-electron chi connectivity index (χ3n) is 6.34. The number of hydrogen-bond donors (Lipinski definition) is 1. The highest BCUT2D eigenvalue weighted by Crippen LogP contribution is 2.22. The molecule has 7 heteroatoms. The number of carbonyl (C=O) groups is 1. The molecule has 0 unspecified atom stereocenters. The molecule has 0 radical (unpaired) electrons. The van der Waals surface area contributed by atoms with Crippen LogP contribution in [0.1, 0.15) is 69.2 Å².